The van der Waals surface area contributed by atoms with Crippen molar-refractivity contribution < 1.29 is 9.22 Å². The smallest absolute Gasteiger partial charge is 0.171 e. The van der Waals surface area contributed by atoms with E-state index >= 15 is 0 Å². The maximum Gasteiger partial charge on any atom is 0.171 e. The molecule has 0 bridgehead atoms. The third kappa shape index (κ3) is 10.1. The van der Waals surface area contributed by atoms with Gasteiger partial charge in [0.2, 0.25) is 0 Å². The van der Waals surface area contributed by atoms with Gasteiger partial charge in [0, 0.05) is 6.42 Å². The highest BCUT2D eigenvalue weighted by Crippen LogP contribution is 2.36. The van der Waals surface area contributed by atoms with Crippen molar-refractivity contribution in [1.82, 2.24) is 0 Å². The van der Waals surface area contributed by atoms with Crippen LogP contribution in [0.5, 0.6) is 0 Å². The highest BCUT2D eigenvalue weighted by Gasteiger charge is 2.27. The average molecular weight is 389 g/mol. The molecule has 0 saturated carbocycles. The fraction of sp³-hybridized carbons (Fsp3) is 0.625. The Hall–Kier alpha value is -1.19. The van der Waals surface area contributed by atoms with Crippen LogP contribution in [0.15, 0.2) is 30.3 Å². The first-order chi connectivity index (χ1) is 12.7. The molecule has 0 saturated heterocycles. The molecule has 1 aromatic rings. The monoisotopic (exact) mass is 388 g/mol. The predicted octanol–water partition coefficient (Wildman–Crippen LogP) is 7.11. The van der Waals surface area contributed by atoms with Crippen molar-refractivity contribution in [2.75, 3.05) is 0 Å². The van der Waals surface area contributed by atoms with Gasteiger partial charge in [0.15, 0.2) is 14.8 Å². The molecule has 0 spiro atoms. The lowest BCUT2D eigenvalue weighted by Gasteiger charge is -2.33. The number of unbranched alkanes of at least 4 members (excludes halogenated alkanes) is 5. The fourth-order valence-electron chi connectivity index (χ4n) is 3.23. The Morgan fingerprint density at radius 2 is 1.78 bits per heavy atom. The van der Waals surface area contributed by atoms with E-state index in [0.29, 0.717) is 6.42 Å². The molecular weight excluding hydrogens is 348 g/mol. The lowest BCUT2D eigenvalue weighted by atomic mass is 9.84. The van der Waals surface area contributed by atoms with Gasteiger partial charge in [-0.15, -0.1) is 0 Å². The van der Waals surface area contributed by atoms with Crippen LogP contribution in [0.3, 0.4) is 0 Å². The van der Waals surface area contributed by atoms with E-state index in [4.69, 9.17) is 4.43 Å². The highest BCUT2D eigenvalue weighted by molar-refractivity contribution is 6.48. The summed E-state index contributed by atoms with van der Waals surface area (Å²) in [6, 6.07) is 8.44. The van der Waals surface area contributed by atoms with Gasteiger partial charge in [0.25, 0.3) is 0 Å². The average Bonchev–Trinajstić information content (AvgIpc) is 2.60. The molecular formula is C24H40O2Si. The number of hydrogen-bond acceptors (Lipinski definition) is 2. The van der Waals surface area contributed by atoms with Crippen LogP contribution in [0.25, 0.3) is 6.08 Å². The normalized spacial score (nSPS) is 13.4. The van der Waals surface area contributed by atoms with Crippen molar-refractivity contribution in [3.05, 3.63) is 41.5 Å². The lowest BCUT2D eigenvalue weighted by Crippen LogP contribution is -2.25. The Labute approximate surface area is 169 Å². The van der Waals surface area contributed by atoms with E-state index in [0.717, 1.165) is 12.0 Å². The van der Waals surface area contributed by atoms with Gasteiger partial charge in [-0.05, 0) is 48.2 Å². The first-order valence-electron chi connectivity index (χ1n) is 10.7. The van der Waals surface area contributed by atoms with E-state index in [2.05, 4.69) is 65.1 Å². The second-order valence-electron chi connectivity index (χ2n) is 8.92. The zero-order valence-electron chi connectivity index (χ0n) is 18.4. The van der Waals surface area contributed by atoms with Crippen molar-refractivity contribution in [2.24, 2.45) is 5.41 Å². The summed E-state index contributed by atoms with van der Waals surface area (Å²) < 4.78 is 6.32. The van der Waals surface area contributed by atoms with E-state index in [9.17, 15) is 4.79 Å². The zero-order valence-corrected chi connectivity index (χ0v) is 19.5. The summed E-state index contributed by atoms with van der Waals surface area (Å²) in [5.41, 5.74) is 2.33. The minimum atomic E-state index is -1.14. The van der Waals surface area contributed by atoms with Gasteiger partial charge in [-0.2, -0.15) is 0 Å². The third-order valence-electron chi connectivity index (χ3n) is 4.65. The van der Waals surface area contributed by atoms with E-state index in [1.165, 1.54) is 37.7 Å². The second-order valence-corrected chi connectivity index (χ2v) is 11.3. The van der Waals surface area contributed by atoms with Crippen LogP contribution in [-0.4, -0.2) is 14.8 Å². The number of ketones is 1. The van der Waals surface area contributed by atoms with Crippen LogP contribution >= 0.6 is 0 Å². The number of rotatable bonds is 12. The lowest BCUT2D eigenvalue weighted by molar-refractivity contribution is -0.114. The van der Waals surface area contributed by atoms with E-state index in [1.54, 1.807) is 6.08 Å². The molecule has 0 aliphatic heterocycles. The van der Waals surface area contributed by atoms with Gasteiger partial charge in [0.05, 0.1) is 6.10 Å². The Morgan fingerprint density at radius 1 is 1.11 bits per heavy atom. The Kier molecular flexibility index (Phi) is 10.9. The van der Waals surface area contributed by atoms with Gasteiger partial charge >= 0.3 is 0 Å². The topological polar surface area (TPSA) is 26.3 Å². The van der Waals surface area contributed by atoms with Crippen LogP contribution in [0.2, 0.25) is 13.1 Å². The first-order valence-corrected chi connectivity index (χ1v) is 13.5. The summed E-state index contributed by atoms with van der Waals surface area (Å²) in [6.07, 6.45) is 11.7. The van der Waals surface area contributed by atoms with Gasteiger partial charge in [0.1, 0.15) is 0 Å². The quantitative estimate of drug-likeness (QED) is 0.217. The van der Waals surface area contributed by atoms with Crippen LogP contribution in [0, 0.1) is 5.41 Å². The molecule has 1 rings (SSSR count). The van der Waals surface area contributed by atoms with Crippen molar-refractivity contribution in [2.45, 2.75) is 91.8 Å². The molecule has 152 valence electrons. The molecule has 0 aliphatic carbocycles. The standard InChI is InChI=1S/C24H40O2Si/c1-7-8-9-10-11-12-16-22(25)18-17-20-14-13-15-21(19-20)23(24(2,3)4)26-27(5)6/h13-15,17-19,23,27H,7-12,16H2,1-6H3. The molecule has 1 atom stereocenters. The Bertz CT molecular complexity index is 584. The van der Waals surface area contributed by atoms with E-state index in [-0.39, 0.29) is 17.3 Å². The molecule has 0 aromatic heterocycles. The molecule has 0 N–H and O–H groups in total. The Balaban J connectivity index is 2.64. The van der Waals surface area contributed by atoms with Gasteiger partial charge in [-0.25, -0.2) is 0 Å². The minimum Gasteiger partial charge on any atom is -0.413 e. The van der Waals surface area contributed by atoms with E-state index < -0.39 is 9.04 Å². The number of hydrogen-bond donors (Lipinski definition) is 0. The molecule has 0 fully saturated rings. The molecule has 1 unspecified atom stereocenters. The van der Waals surface area contributed by atoms with Crippen molar-refractivity contribution in [1.29, 1.82) is 0 Å². The minimum absolute atomic E-state index is 0.0488. The largest absolute Gasteiger partial charge is 0.413 e. The molecule has 27 heavy (non-hydrogen) atoms. The summed E-state index contributed by atoms with van der Waals surface area (Å²) >= 11 is 0. The summed E-state index contributed by atoms with van der Waals surface area (Å²) in [7, 11) is -1.14. The molecule has 0 heterocycles. The molecule has 0 amide bonds. The zero-order chi connectivity index (χ0) is 20.3. The summed E-state index contributed by atoms with van der Waals surface area (Å²) in [4.78, 5) is 12.1. The SMILES string of the molecule is CCCCCCCCC(=O)C=Cc1cccc(C(O[SiH](C)C)C(C)(C)C)c1. The molecule has 2 nitrogen and oxygen atoms in total. The third-order valence-corrected chi connectivity index (χ3v) is 5.46. The van der Waals surface area contributed by atoms with Gasteiger partial charge in [-0.3, -0.25) is 4.79 Å². The van der Waals surface area contributed by atoms with Crippen molar-refractivity contribution >= 4 is 20.9 Å². The maximum absolute atomic E-state index is 12.1. The predicted molar refractivity (Wildman–Crippen MR) is 121 cm³/mol. The number of benzene rings is 1. The summed E-state index contributed by atoms with van der Waals surface area (Å²) in [5, 5.41) is 0. The first kappa shape index (κ1) is 23.8. The van der Waals surface area contributed by atoms with Crippen molar-refractivity contribution in [3.8, 4) is 0 Å². The molecule has 0 radical (unpaired) electrons. The van der Waals surface area contributed by atoms with Gasteiger partial charge in [-0.1, -0.05) is 84.1 Å². The Morgan fingerprint density at radius 3 is 2.41 bits per heavy atom. The van der Waals surface area contributed by atoms with Gasteiger partial charge < -0.3 is 4.43 Å². The number of allylic oxidation sites excluding steroid dienone is 1. The van der Waals surface area contributed by atoms with Crippen LogP contribution in [0.4, 0.5) is 0 Å². The summed E-state index contributed by atoms with van der Waals surface area (Å²) in [5.74, 6) is 0.231. The van der Waals surface area contributed by atoms with E-state index in [1.807, 2.05) is 6.08 Å². The van der Waals surface area contributed by atoms with Crippen molar-refractivity contribution in [3.63, 3.8) is 0 Å². The molecule has 0 aliphatic rings. The second kappa shape index (κ2) is 12.3. The van der Waals surface area contributed by atoms with Crippen LogP contribution in [-0.2, 0) is 9.22 Å². The molecule has 3 heteroatoms. The molecule has 1 aromatic carbocycles. The fourth-order valence-corrected chi connectivity index (χ4v) is 4.34. The van der Waals surface area contributed by atoms with Crippen LogP contribution in [0.1, 0.15) is 89.9 Å². The number of carbonyl (C=O) groups is 1. The number of carbonyl (C=O) groups excluding carboxylic acids is 1. The summed E-state index contributed by atoms with van der Waals surface area (Å²) in [6.45, 7) is 13.3. The van der Waals surface area contributed by atoms with Crippen LogP contribution < -0.4 is 0 Å². The highest BCUT2D eigenvalue weighted by atomic mass is 28.3. The maximum atomic E-state index is 12.1.